The molecule has 0 N–H and O–H groups in total. The normalized spacial score (nSPS) is 21.1. The number of carbonyl (C=O) groups is 1. The van der Waals surface area contributed by atoms with Gasteiger partial charge in [-0.15, -0.1) is 11.6 Å². The highest BCUT2D eigenvalue weighted by Crippen LogP contribution is 2.42. The van der Waals surface area contributed by atoms with Gasteiger partial charge in [-0.25, -0.2) is 4.79 Å². The van der Waals surface area contributed by atoms with Crippen LogP contribution in [0.25, 0.3) is 0 Å². The third-order valence-corrected chi connectivity index (χ3v) is 3.93. The summed E-state index contributed by atoms with van der Waals surface area (Å²) in [7, 11) is 0. The maximum atomic E-state index is 12.0. The summed E-state index contributed by atoms with van der Waals surface area (Å²) < 4.78 is 5.62. The van der Waals surface area contributed by atoms with Crippen LogP contribution in [-0.2, 0) is 10.3 Å². The molecule has 0 aliphatic carbocycles. The number of hydrogen-bond donors (Lipinski definition) is 0. The van der Waals surface area contributed by atoms with Crippen molar-refractivity contribution in [1.82, 2.24) is 0 Å². The predicted octanol–water partition coefficient (Wildman–Crippen LogP) is 3.65. The van der Waals surface area contributed by atoms with Crippen molar-refractivity contribution in [2.24, 2.45) is 0 Å². The van der Waals surface area contributed by atoms with Gasteiger partial charge in [0.2, 0.25) is 0 Å². The Labute approximate surface area is 117 Å². The molecule has 2 aromatic rings. The minimum absolute atomic E-state index is 0.207. The van der Waals surface area contributed by atoms with Crippen LogP contribution < -0.4 is 0 Å². The van der Waals surface area contributed by atoms with Crippen molar-refractivity contribution in [3.8, 4) is 0 Å². The number of hydrogen-bond acceptors (Lipinski definition) is 2. The summed E-state index contributed by atoms with van der Waals surface area (Å²) in [5.74, 6) is -0.101. The fourth-order valence-electron chi connectivity index (χ4n) is 2.50. The van der Waals surface area contributed by atoms with Gasteiger partial charge in [0.25, 0.3) is 0 Å². The van der Waals surface area contributed by atoms with Crippen LogP contribution in [0.4, 0.5) is 0 Å². The summed E-state index contributed by atoms with van der Waals surface area (Å²) in [6.07, 6.45) is 0. The number of halogens is 1. The Morgan fingerprint density at radius 3 is 2.47 bits per heavy atom. The van der Waals surface area contributed by atoms with Crippen LogP contribution in [0.3, 0.4) is 0 Å². The molecule has 0 fully saturated rings. The fraction of sp³-hybridized carbons (Fsp3) is 0.188. The molecule has 0 bridgehead atoms. The van der Waals surface area contributed by atoms with Crippen molar-refractivity contribution in [3.05, 3.63) is 70.8 Å². The summed E-state index contributed by atoms with van der Waals surface area (Å²) in [6.45, 7) is 2.02. The number of aryl methyl sites for hydroxylation is 1. The van der Waals surface area contributed by atoms with Gasteiger partial charge in [-0.2, -0.15) is 0 Å². The first-order valence-electron chi connectivity index (χ1n) is 6.13. The maximum Gasteiger partial charge on any atom is 0.339 e. The second-order valence-corrected chi connectivity index (χ2v) is 5.03. The Balaban J connectivity index is 2.21. The number of benzene rings is 2. The molecule has 1 aliphatic rings. The number of esters is 1. The van der Waals surface area contributed by atoms with E-state index in [0.29, 0.717) is 5.56 Å². The van der Waals surface area contributed by atoms with Crippen LogP contribution in [0.5, 0.6) is 0 Å². The van der Waals surface area contributed by atoms with E-state index in [0.717, 1.165) is 16.7 Å². The number of carbonyl (C=O) groups excluding carboxylic acids is 1. The molecule has 0 spiro atoms. The van der Waals surface area contributed by atoms with Crippen molar-refractivity contribution < 1.29 is 9.53 Å². The highest BCUT2D eigenvalue weighted by molar-refractivity contribution is 6.19. The van der Waals surface area contributed by atoms with Crippen LogP contribution in [0.1, 0.15) is 27.0 Å². The molecular formula is C16H13ClO2. The maximum absolute atomic E-state index is 12.0. The van der Waals surface area contributed by atoms with Gasteiger partial charge in [-0.1, -0.05) is 48.0 Å². The van der Waals surface area contributed by atoms with Crippen molar-refractivity contribution in [1.29, 1.82) is 0 Å². The van der Waals surface area contributed by atoms with Crippen molar-refractivity contribution in [2.45, 2.75) is 12.5 Å². The van der Waals surface area contributed by atoms with Crippen LogP contribution in [0, 0.1) is 6.92 Å². The third kappa shape index (κ3) is 1.75. The SMILES string of the molecule is Cc1ccc(C2(CCl)OC(=O)c3ccccc32)cc1. The third-order valence-electron chi connectivity index (χ3n) is 3.56. The molecule has 0 saturated carbocycles. The van der Waals surface area contributed by atoms with Gasteiger partial charge in [-0.3, -0.25) is 0 Å². The molecule has 0 amide bonds. The molecule has 19 heavy (non-hydrogen) atoms. The molecular weight excluding hydrogens is 260 g/mol. The van der Waals surface area contributed by atoms with Gasteiger partial charge in [0.05, 0.1) is 11.4 Å². The Bertz CT molecular complexity index is 633. The van der Waals surface area contributed by atoms with Gasteiger partial charge in [0.1, 0.15) is 0 Å². The number of fused-ring (bicyclic) bond motifs is 1. The quantitative estimate of drug-likeness (QED) is 0.616. The van der Waals surface area contributed by atoms with Gasteiger partial charge in [-0.05, 0) is 13.0 Å². The zero-order valence-corrected chi connectivity index (χ0v) is 11.3. The Morgan fingerprint density at radius 1 is 1.11 bits per heavy atom. The van der Waals surface area contributed by atoms with Crippen LogP contribution >= 0.6 is 11.6 Å². The lowest BCUT2D eigenvalue weighted by atomic mass is 9.87. The van der Waals surface area contributed by atoms with Crippen LogP contribution in [0.2, 0.25) is 0 Å². The minimum Gasteiger partial charge on any atom is -0.444 e. The highest BCUT2D eigenvalue weighted by Gasteiger charge is 2.46. The number of alkyl halides is 1. The lowest BCUT2D eigenvalue weighted by molar-refractivity contribution is 0.0192. The molecule has 2 nitrogen and oxygen atoms in total. The molecule has 0 aromatic heterocycles. The summed E-state index contributed by atoms with van der Waals surface area (Å²) in [5.41, 5.74) is 2.66. The van der Waals surface area contributed by atoms with E-state index in [1.165, 1.54) is 0 Å². The Morgan fingerprint density at radius 2 is 1.79 bits per heavy atom. The van der Waals surface area contributed by atoms with Crippen molar-refractivity contribution in [2.75, 3.05) is 5.88 Å². The monoisotopic (exact) mass is 272 g/mol. The van der Waals surface area contributed by atoms with E-state index in [1.54, 1.807) is 6.07 Å². The average Bonchev–Trinajstić information content (AvgIpc) is 2.74. The van der Waals surface area contributed by atoms with E-state index in [9.17, 15) is 4.79 Å². The number of cyclic esters (lactones) is 1. The first-order valence-corrected chi connectivity index (χ1v) is 6.67. The molecule has 2 aromatic carbocycles. The molecule has 0 saturated heterocycles. The topological polar surface area (TPSA) is 26.3 Å². The lowest BCUT2D eigenvalue weighted by Gasteiger charge is -2.27. The Hall–Kier alpha value is -1.80. The van der Waals surface area contributed by atoms with E-state index < -0.39 is 5.60 Å². The first-order chi connectivity index (χ1) is 9.17. The minimum atomic E-state index is -0.858. The number of rotatable bonds is 2. The number of ether oxygens (including phenoxy) is 1. The zero-order chi connectivity index (χ0) is 13.5. The Kier molecular flexibility index (Phi) is 2.83. The predicted molar refractivity (Wildman–Crippen MR) is 74.5 cm³/mol. The van der Waals surface area contributed by atoms with E-state index in [2.05, 4.69) is 0 Å². The van der Waals surface area contributed by atoms with Gasteiger partial charge < -0.3 is 4.74 Å². The fourth-order valence-corrected chi connectivity index (χ4v) is 2.85. The summed E-state index contributed by atoms with van der Waals surface area (Å²) in [5, 5.41) is 0. The molecule has 3 rings (SSSR count). The summed E-state index contributed by atoms with van der Waals surface area (Å²) >= 11 is 6.15. The largest absolute Gasteiger partial charge is 0.444 e. The van der Waals surface area contributed by atoms with Gasteiger partial charge >= 0.3 is 5.97 Å². The highest BCUT2D eigenvalue weighted by atomic mass is 35.5. The van der Waals surface area contributed by atoms with Crippen LogP contribution in [-0.4, -0.2) is 11.8 Å². The second kappa shape index (κ2) is 4.39. The molecule has 0 radical (unpaired) electrons. The van der Waals surface area contributed by atoms with Crippen LogP contribution in [0.15, 0.2) is 48.5 Å². The summed E-state index contributed by atoms with van der Waals surface area (Å²) in [6, 6.07) is 15.3. The van der Waals surface area contributed by atoms with E-state index in [-0.39, 0.29) is 11.8 Å². The van der Waals surface area contributed by atoms with Crippen molar-refractivity contribution >= 4 is 17.6 Å². The molecule has 1 heterocycles. The van der Waals surface area contributed by atoms with Gasteiger partial charge in [0.15, 0.2) is 5.60 Å². The molecule has 1 atom stereocenters. The standard InChI is InChI=1S/C16H13ClO2/c1-11-6-8-12(9-7-11)16(10-17)14-5-3-2-4-13(14)15(18)19-16/h2-9H,10H2,1H3. The molecule has 3 heteroatoms. The average molecular weight is 273 g/mol. The smallest absolute Gasteiger partial charge is 0.339 e. The molecule has 1 unspecified atom stereocenters. The zero-order valence-electron chi connectivity index (χ0n) is 10.5. The van der Waals surface area contributed by atoms with E-state index in [4.69, 9.17) is 16.3 Å². The van der Waals surface area contributed by atoms with E-state index >= 15 is 0 Å². The van der Waals surface area contributed by atoms with E-state index in [1.807, 2.05) is 49.4 Å². The van der Waals surface area contributed by atoms with Crippen molar-refractivity contribution in [3.63, 3.8) is 0 Å². The lowest BCUT2D eigenvalue weighted by Crippen LogP contribution is -2.29. The molecule has 1 aliphatic heterocycles. The second-order valence-electron chi connectivity index (χ2n) is 4.76. The molecule has 96 valence electrons. The summed E-state index contributed by atoms with van der Waals surface area (Å²) in [4.78, 5) is 12.0. The van der Waals surface area contributed by atoms with Gasteiger partial charge in [0, 0.05) is 11.1 Å². The first kappa shape index (κ1) is 12.2.